The molecule has 3 rings (SSSR count). The number of nitrogens with zero attached hydrogens (tertiary/aromatic N) is 4. The van der Waals surface area contributed by atoms with Gasteiger partial charge in [0.15, 0.2) is 10.7 Å². The van der Waals surface area contributed by atoms with E-state index in [0.29, 0.717) is 26.2 Å². The minimum absolute atomic E-state index is 0.118. The molecule has 23 heavy (non-hydrogen) atoms. The summed E-state index contributed by atoms with van der Waals surface area (Å²) >= 11 is 0. The van der Waals surface area contributed by atoms with Crippen molar-refractivity contribution in [1.82, 2.24) is 20.1 Å². The zero-order valence-corrected chi connectivity index (χ0v) is 12.8. The molecular weight excluding hydrogens is 325 g/mol. The lowest BCUT2D eigenvalue weighted by atomic mass is 10.2. The number of aromatic amines is 1. The number of anilines is 1. The Hall–Kier alpha value is -2.49. The highest BCUT2D eigenvalue weighted by Crippen LogP contribution is 2.15. The van der Waals surface area contributed by atoms with Gasteiger partial charge in [0.25, 0.3) is 5.91 Å². The molecule has 0 radical (unpaired) electrons. The highest BCUT2D eigenvalue weighted by molar-refractivity contribution is 7.86. The average molecular weight is 339 g/mol. The Morgan fingerprint density at radius 2 is 1.96 bits per heavy atom. The Balaban J connectivity index is 1.66. The number of carbonyl (C=O) groups excluding carboxylic acids is 1. The van der Waals surface area contributed by atoms with Crippen LogP contribution in [0.2, 0.25) is 0 Å². The van der Waals surface area contributed by atoms with E-state index in [1.807, 2.05) is 28.2 Å². The van der Waals surface area contributed by atoms with Crippen LogP contribution in [0.15, 0.2) is 35.5 Å². The summed E-state index contributed by atoms with van der Waals surface area (Å²) in [6, 6.07) is 6.52. The summed E-state index contributed by atoms with van der Waals surface area (Å²) in [7, 11) is -4.90. The van der Waals surface area contributed by atoms with E-state index in [-0.39, 0.29) is 5.69 Å². The van der Waals surface area contributed by atoms with Crippen molar-refractivity contribution >= 4 is 21.9 Å². The maximum atomic E-state index is 12.8. The van der Waals surface area contributed by atoms with Crippen LogP contribution < -0.4 is 4.90 Å². The van der Waals surface area contributed by atoms with E-state index >= 15 is 0 Å². The number of pyridine rings is 1. The van der Waals surface area contributed by atoms with Gasteiger partial charge in [-0.3, -0.25) is 9.89 Å². The molecule has 0 unspecified atom stereocenters. The number of hydrogen-bond acceptors (Lipinski definition) is 6. The summed E-state index contributed by atoms with van der Waals surface area (Å²) in [4.78, 5) is 20.1. The molecule has 1 aliphatic rings. The van der Waals surface area contributed by atoms with Gasteiger partial charge in [-0.05, 0) is 12.1 Å². The molecule has 8 nitrogen and oxygen atoms in total. The molecule has 1 amide bonds. The minimum Gasteiger partial charge on any atom is -0.353 e. The van der Waals surface area contributed by atoms with Gasteiger partial charge in [-0.2, -0.15) is 13.5 Å². The number of carbonyl (C=O) groups is 1. The van der Waals surface area contributed by atoms with Crippen LogP contribution in [0, 0.1) is 0 Å². The van der Waals surface area contributed by atoms with Gasteiger partial charge in [0.05, 0.1) is 0 Å². The van der Waals surface area contributed by atoms with Gasteiger partial charge in [-0.25, -0.2) is 4.98 Å². The van der Waals surface area contributed by atoms with E-state index in [0.717, 1.165) is 11.9 Å². The molecule has 1 fully saturated rings. The summed E-state index contributed by atoms with van der Waals surface area (Å²) in [5, 5.41) is 4.88. The predicted octanol–water partition coefficient (Wildman–Crippen LogP) is 0.425. The molecule has 2 aromatic rings. The molecular formula is C13H14FN5O3S. The molecule has 0 saturated carbocycles. The highest BCUT2D eigenvalue weighted by atomic mass is 32.3. The molecule has 1 N–H and O–H groups in total. The quantitative estimate of drug-likeness (QED) is 0.814. The fourth-order valence-corrected chi connectivity index (χ4v) is 2.79. The van der Waals surface area contributed by atoms with Crippen LogP contribution in [0.25, 0.3) is 0 Å². The first-order valence-electron chi connectivity index (χ1n) is 6.90. The lowest BCUT2D eigenvalue weighted by Crippen LogP contribution is -2.49. The Labute approximate surface area is 132 Å². The van der Waals surface area contributed by atoms with Crippen LogP contribution in [0.1, 0.15) is 10.5 Å². The second-order valence-electron chi connectivity index (χ2n) is 5.02. The van der Waals surface area contributed by atoms with E-state index in [1.165, 1.54) is 0 Å². The Kier molecular flexibility index (Phi) is 3.99. The van der Waals surface area contributed by atoms with E-state index in [2.05, 4.69) is 10.1 Å². The zero-order valence-electron chi connectivity index (χ0n) is 12.0. The van der Waals surface area contributed by atoms with Crippen molar-refractivity contribution in [1.29, 1.82) is 0 Å². The summed E-state index contributed by atoms with van der Waals surface area (Å²) < 4.78 is 34.4. The summed E-state index contributed by atoms with van der Waals surface area (Å²) in [5.41, 5.74) is -0.118. The predicted molar refractivity (Wildman–Crippen MR) is 79.2 cm³/mol. The number of hydrogen-bond donors (Lipinski definition) is 1. The van der Waals surface area contributed by atoms with Crippen molar-refractivity contribution in [2.45, 2.75) is 5.03 Å². The van der Waals surface area contributed by atoms with Crippen molar-refractivity contribution in [3.8, 4) is 0 Å². The first kappa shape index (κ1) is 15.4. The summed E-state index contributed by atoms with van der Waals surface area (Å²) in [5.74, 6) is 0.405. The van der Waals surface area contributed by atoms with Gasteiger partial charge >= 0.3 is 10.2 Å². The van der Waals surface area contributed by atoms with Crippen molar-refractivity contribution in [2.24, 2.45) is 0 Å². The smallest absolute Gasteiger partial charge is 0.349 e. The number of halogens is 1. The number of aromatic nitrogens is 3. The van der Waals surface area contributed by atoms with Crippen LogP contribution >= 0.6 is 0 Å². The topological polar surface area (TPSA) is 99.3 Å². The van der Waals surface area contributed by atoms with E-state index in [1.54, 1.807) is 11.1 Å². The first-order valence-corrected chi connectivity index (χ1v) is 8.29. The maximum Gasteiger partial charge on any atom is 0.349 e. The standard InChI is InChI=1S/C13H14FN5O3S/c14-23(21,22)12-9-10(16-17-12)13(20)19-7-5-18(6-8-19)11-3-1-2-4-15-11/h1-4,9H,5-8H2,(H,16,17). The number of rotatable bonds is 3. The normalized spacial score (nSPS) is 15.7. The number of piperazine rings is 1. The summed E-state index contributed by atoms with van der Waals surface area (Å²) in [6.07, 6.45) is 1.70. The van der Waals surface area contributed by atoms with Crippen molar-refractivity contribution in [3.05, 3.63) is 36.2 Å². The molecule has 0 aromatic carbocycles. The maximum absolute atomic E-state index is 12.8. The van der Waals surface area contributed by atoms with Crippen LogP contribution in [0.5, 0.6) is 0 Å². The second-order valence-corrected chi connectivity index (χ2v) is 6.34. The van der Waals surface area contributed by atoms with E-state index in [4.69, 9.17) is 0 Å². The average Bonchev–Trinajstić information content (AvgIpc) is 3.05. The molecule has 2 aromatic heterocycles. The van der Waals surface area contributed by atoms with Gasteiger partial charge in [-0.15, -0.1) is 0 Å². The lowest BCUT2D eigenvalue weighted by molar-refractivity contribution is 0.0740. The molecule has 10 heteroatoms. The Bertz CT molecular complexity index is 800. The monoisotopic (exact) mass is 339 g/mol. The van der Waals surface area contributed by atoms with Crippen molar-refractivity contribution in [3.63, 3.8) is 0 Å². The second kappa shape index (κ2) is 5.95. The zero-order chi connectivity index (χ0) is 16.4. The van der Waals surface area contributed by atoms with E-state index in [9.17, 15) is 17.1 Å². The third-order valence-corrected chi connectivity index (χ3v) is 4.31. The fourth-order valence-electron chi connectivity index (χ4n) is 2.38. The highest BCUT2D eigenvalue weighted by Gasteiger charge is 2.26. The fraction of sp³-hybridized carbons (Fsp3) is 0.308. The van der Waals surface area contributed by atoms with E-state index < -0.39 is 21.2 Å². The molecule has 3 heterocycles. The third-order valence-electron chi connectivity index (χ3n) is 3.58. The summed E-state index contributed by atoms with van der Waals surface area (Å²) in [6.45, 7) is 2.09. The van der Waals surface area contributed by atoms with Gasteiger partial charge in [0.2, 0.25) is 0 Å². The molecule has 122 valence electrons. The molecule has 0 spiro atoms. The van der Waals surface area contributed by atoms with Gasteiger partial charge in [0, 0.05) is 38.4 Å². The lowest BCUT2D eigenvalue weighted by Gasteiger charge is -2.35. The van der Waals surface area contributed by atoms with Gasteiger partial charge in [-0.1, -0.05) is 9.95 Å². The van der Waals surface area contributed by atoms with Crippen LogP contribution in [0.4, 0.5) is 9.70 Å². The molecule has 1 aliphatic heterocycles. The largest absolute Gasteiger partial charge is 0.353 e. The third kappa shape index (κ3) is 3.31. The van der Waals surface area contributed by atoms with Gasteiger partial charge in [0.1, 0.15) is 5.82 Å². The van der Waals surface area contributed by atoms with Crippen molar-refractivity contribution < 1.29 is 17.1 Å². The first-order chi connectivity index (χ1) is 10.9. The molecule has 0 bridgehead atoms. The van der Waals surface area contributed by atoms with Crippen LogP contribution in [-0.4, -0.2) is 60.6 Å². The Morgan fingerprint density at radius 3 is 2.52 bits per heavy atom. The number of amides is 1. The SMILES string of the molecule is O=C(c1cc(S(=O)(=O)F)[nH]n1)N1CCN(c2ccccn2)CC1. The van der Waals surface area contributed by atoms with Gasteiger partial charge < -0.3 is 9.80 Å². The number of nitrogens with one attached hydrogen (secondary N) is 1. The molecule has 0 atom stereocenters. The molecule has 1 saturated heterocycles. The van der Waals surface area contributed by atoms with Crippen LogP contribution in [-0.2, 0) is 10.2 Å². The minimum atomic E-state index is -4.90. The van der Waals surface area contributed by atoms with Crippen molar-refractivity contribution in [2.75, 3.05) is 31.1 Å². The van der Waals surface area contributed by atoms with Crippen LogP contribution in [0.3, 0.4) is 0 Å². The molecule has 0 aliphatic carbocycles. The Morgan fingerprint density at radius 1 is 1.22 bits per heavy atom. The number of H-pyrrole nitrogens is 1.